The van der Waals surface area contributed by atoms with E-state index in [0.717, 1.165) is 11.6 Å². The average molecular weight is 174 g/mol. The number of pyridine rings is 1. The molecule has 66 valence electrons. The zero-order valence-corrected chi connectivity index (χ0v) is 7.31. The number of aromatic nitrogens is 3. The molecule has 0 radical (unpaired) electrons. The van der Waals surface area contributed by atoms with Crippen LogP contribution in [0.4, 0.5) is 5.82 Å². The molecule has 2 aromatic rings. The summed E-state index contributed by atoms with van der Waals surface area (Å²) in [7, 11) is 1.85. The Kier molecular flexibility index (Phi) is 1.96. The molecule has 2 aromatic heterocycles. The average Bonchev–Trinajstić information content (AvgIpc) is 2.71. The zero-order chi connectivity index (χ0) is 9.10. The Balaban J connectivity index is 2.41. The minimum atomic E-state index is 0.853. The topological polar surface area (TPSA) is 42.7 Å². The number of hydrogen-bond donors (Lipinski definition) is 1. The first-order valence-electron chi connectivity index (χ1n) is 4.03. The van der Waals surface area contributed by atoms with E-state index in [2.05, 4.69) is 15.3 Å². The molecule has 0 aromatic carbocycles. The van der Waals surface area contributed by atoms with E-state index < -0.39 is 0 Å². The second-order valence-corrected chi connectivity index (χ2v) is 2.60. The van der Waals surface area contributed by atoms with Crippen molar-refractivity contribution in [1.82, 2.24) is 14.5 Å². The van der Waals surface area contributed by atoms with Crippen LogP contribution < -0.4 is 5.32 Å². The highest BCUT2D eigenvalue weighted by atomic mass is 15.1. The van der Waals surface area contributed by atoms with Crippen molar-refractivity contribution >= 4 is 5.82 Å². The van der Waals surface area contributed by atoms with Gasteiger partial charge in [0, 0.05) is 19.4 Å². The minimum absolute atomic E-state index is 0.853. The highest BCUT2D eigenvalue weighted by Gasteiger charge is 1.96. The number of imidazole rings is 1. The Morgan fingerprint density at radius 1 is 1.38 bits per heavy atom. The molecule has 0 saturated heterocycles. The van der Waals surface area contributed by atoms with Gasteiger partial charge >= 0.3 is 0 Å². The van der Waals surface area contributed by atoms with Crippen LogP contribution in [0.1, 0.15) is 0 Å². The van der Waals surface area contributed by atoms with E-state index in [-0.39, 0.29) is 0 Å². The van der Waals surface area contributed by atoms with E-state index in [0.29, 0.717) is 0 Å². The normalized spacial score (nSPS) is 9.92. The SMILES string of the molecule is CNc1cccc(-n2ccnc2)n1. The molecule has 0 saturated carbocycles. The molecule has 0 spiro atoms. The fourth-order valence-electron chi connectivity index (χ4n) is 1.10. The first kappa shape index (κ1) is 7.79. The van der Waals surface area contributed by atoms with Crippen LogP contribution >= 0.6 is 0 Å². The van der Waals surface area contributed by atoms with Gasteiger partial charge in [-0.3, -0.25) is 4.57 Å². The minimum Gasteiger partial charge on any atom is -0.373 e. The lowest BCUT2D eigenvalue weighted by molar-refractivity contribution is 0.994. The second-order valence-electron chi connectivity index (χ2n) is 2.60. The zero-order valence-electron chi connectivity index (χ0n) is 7.31. The van der Waals surface area contributed by atoms with Crippen molar-refractivity contribution in [2.45, 2.75) is 0 Å². The van der Waals surface area contributed by atoms with Crippen molar-refractivity contribution in [2.75, 3.05) is 12.4 Å². The van der Waals surface area contributed by atoms with Gasteiger partial charge in [-0.15, -0.1) is 0 Å². The fraction of sp³-hybridized carbons (Fsp3) is 0.111. The third-order valence-corrected chi connectivity index (χ3v) is 1.76. The van der Waals surface area contributed by atoms with Crippen LogP contribution in [0.3, 0.4) is 0 Å². The second kappa shape index (κ2) is 3.26. The van der Waals surface area contributed by atoms with Gasteiger partial charge in [-0.1, -0.05) is 6.07 Å². The van der Waals surface area contributed by atoms with Crippen molar-refractivity contribution in [3.63, 3.8) is 0 Å². The van der Waals surface area contributed by atoms with E-state index in [4.69, 9.17) is 0 Å². The predicted octanol–water partition coefficient (Wildman–Crippen LogP) is 1.31. The van der Waals surface area contributed by atoms with Crippen LogP contribution in [-0.4, -0.2) is 21.6 Å². The Bertz CT molecular complexity index is 380. The van der Waals surface area contributed by atoms with Gasteiger partial charge in [0.15, 0.2) is 0 Å². The van der Waals surface area contributed by atoms with Crippen LogP contribution in [0.5, 0.6) is 0 Å². The van der Waals surface area contributed by atoms with E-state index >= 15 is 0 Å². The number of nitrogens with zero attached hydrogens (tertiary/aromatic N) is 3. The Hall–Kier alpha value is -1.84. The largest absolute Gasteiger partial charge is 0.373 e. The molecule has 2 rings (SSSR count). The summed E-state index contributed by atoms with van der Waals surface area (Å²) in [5.41, 5.74) is 0. The van der Waals surface area contributed by atoms with E-state index in [9.17, 15) is 0 Å². The summed E-state index contributed by atoms with van der Waals surface area (Å²) in [5, 5.41) is 2.98. The van der Waals surface area contributed by atoms with Crippen LogP contribution in [0.15, 0.2) is 36.9 Å². The number of hydrogen-bond acceptors (Lipinski definition) is 3. The van der Waals surface area contributed by atoms with E-state index in [1.54, 1.807) is 12.5 Å². The fourth-order valence-corrected chi connectivity index (χ4v) is 1.10. The number of rotatable bonds is 2. The number of nitrogens with one attached hydrogen (secondary N) is 1. The molecule has 0 aliphatic heterocycles. The molecule has 13 heavy (non-hydrogen) atoms. The molecule has 0 bridgehead atoms. The predicted molar refractivity (Wildman–Crippen MR) is 50.9 cm³/mol. The number of anilines is 1. The third kappa shape index (κ3) is 1.51. The van der Waals surface area contributed by atoms with E-state index in [1.807, 2.05) is 36.0 Å². The standard InChI is InChI=1S/C9H10N4/c1-10-8-3-2-4-9(12-8)13-6-5-11-7-13/h2-7H,1H3,(H,10,12). The molecular weight excluding hydrogens is 164 g/mol. The summed E-state index contributed by atoms with van der Waals surface area (Å²) < 4.78 is 1.86. The Morgan fingerprint density at radius 3 is 3.00 bits per heavy atom. The van der Waals surface area contributed by atoms with Crippen LogP contribution in [-0.2, 0) is 0 Å². The van der Waals surface area contributed by atoms with Gasteiger partial charge in [0.25, 0.3) is 0 Å². The molecule has 0 aliphatic rings. The monoisotopic (exact) mass is 174 g/mol. The van der Waals surface area contributed by atoms with Crippen LogP contribution in [0, 0.1) is 0 Å². The smallest absolute Gasteiger partial charge is 0.140 e. The van der Waals surface area contributed by atoms with Gasteiger partial charge < -0.3 is 5.32 Å². The molecule has 4 nitrogen and oxygen atoms in total. The van der Waals surface area contributed by atoms with Crippen molar-refractivity contribution in [2.24, 2.45) is 0 Å². The molecule has 0 amide bonds. The van der Waals surface area contributed by atoms with Crippen molar-refractivity contribution < 1.29 is 0 Å². The highest BCUT2D eigenvalue weighted by molar-refractivity contribution is 5.38. The van der Waals surface area contributed by atoms with Crippen LogP contribution in [0.2, 0.25) is 0 Å². The first-order chi connectivity index (χ1) is 6.40. The summed E-state index contributed by atoms with van der Waals surface area (Å²) in [6.07, 6.45) is 5.32. The maximum Gasteiger partial charge on any atom is 0.140 e. The Morgan fingerprint density at radius 2 is 2.31 bits per heavy atom. The Labute approximate surface area is 76.3 Å². The maximum atomic E-state index is 4.35. The molecule has 0 fully saturated rings. The van der Waals surface area contributed by atoms with Crippen LogP contribution in [0.25, 0.3) is 5.82 Å². The van der Waals surface area contributed by atoms with Gasteiger partial charge in [-0.25, -0.2) is 9.97 Å². The lowest BCUT2D eigenvalue weighted by Gasteiger charge is -2.03. The third-order valence-electron chi connectivity index (χ3n) is 1.76. The molecule has 0 aliphatic carbocycles. The summed E-state index contributed by atoms with van der Waals surface area (Å²) in [5.74, 6) is 1.72. The molecule has 0 atom stereocenters. The van der Waals surface area contributed by atoms with Crippen molar-refractivity contribution in [3.05, 3.63) is 36.9 Å². The molecule has 4 heteroatoms. The summed E-state index contributed by atoms with van der Waals surface area (Å²) in [6.45, 7) is 0. The molecule has 2 heterocycles. The van der Waals surface area contributed by atoms with Gasteiger partial charge in [0.1, 0.15) is 18.0 Å². The first-order valence-corrected chi connectivity index (χ1v) is 4.03. The van der Waals surface area contributed by atoms with Gasteiger partial charge in [-0.2, -0.15) is 0 Å². The summed E-state index contributed by atoms with van der Waals surface area (Å²) >= 11 is 0. The van der Waals surface area contributed by atoms with Crippen molar-refractivity contribution in [3.8, 4) is 5.82 Å². The van der Waals surface area contributed by atoms with Crippen molar-refractivity contribution in [1.29, 1.82) is 0 Å². The maximum absolute atomic E-state index is 4.35. The summed E-state index contributed by atoms with van der Waals surface area (Å²) in [6, 6.07) is 5.80. The highest BCUT2D eigenvalue weighted by Crippen LogP contribution is 2.07. The van der Waals surface area contributed by atoms with Gasteiger partial charge in [-0.05, 0) is 12.1 Å². The summed E-state index contributed by atoms with van der Waals surface area (Å²) in [4.78, 5) is 8.30. The molecular formula is C9H10N4. The quantitative estimate of drug-likeness (QED) is 0.746. The van der Waals surface area contributed by atoms with Gasteiger partial charge in [0.05, 0.1) is 0 Å². The van der Waals surface area contributed by atoms with Gasteiger partial charge in [0.2, 0.25) is 0 Å². The molecule has 0 unspecified atom stereocenters. The molecule has 1 N–H and O–H groups in total. The van der Waals surface area contributed by atoms with E-state index in [1.165, 1.54) is 0 Å². The lowest BCUT2D eigenvalue weighted by atomic mass is 10.4. The lowest BCUT2D eigenvalue weighted by Crippen LogP contribution is -1.97.